The zero-order chi connectivity index (χ0) is 15.5. The molecule has 2 unspecified atom stereocenters. The number of benzene rings is 1. The summed E-state index contributed by atoms with van der Waals surface area (Å²) in [7, 11) is 1.71. The monoisotopic (exact) mass is 286 g/mol. The zero-order valence-electron chi connectivity index (χ0n) is 12.8. The normalized spacial score (nSPS) is 22.7. The molecule has 21 heavy (non-hydrogen) atoms. The van der Waals surface area contributed by atoms with E-state index in [-0.39, 0.29) is 23.5 Å². The summed E-state index contributed by atoms with van der Waals surface area (Å²) >= 11 is 0. The molecule has 0 bridgehead atoms. The lowest BCUT2D eigenvalue weighted by molar-refractivity contribution is -0.0942. The second-order valence-corrected chi connectivity index (χ2v) is 5.89. The second-order valence-electron chi connectivity index (χ2n) is 5.89. The van der Waals surface area contributed by atoms with Gasteiger partial charge in [-0.3, -0.25) is 4.79 Å². The summed E-state index contributed by atoms with van der Waals surface area (Å²) in [6.45, 7) is 4.53. The van der Waals surface area contributed by atoms with Gasteiger partial charge in [-0.2, -0.15) is 0 Å². The lowest BCUT2D eigenvalue weighted by atomic mass is 9.64. The lowest BCUT2D eigenvalue weighted by Gasteiger charge is -2.51. The van der Waals surface area contributed by atoms with Crippen molar-refractivity contribution in [2.75, 3.05) is 13.7 Å². The number of hydrogen-bond acceptors (Lipinski definition) is 3. The van der Waals surface area contributed by atoms with Gasteiger partial charge in [0, 0.05) is 29.7 Å². The molecule has 0 aliphatic heterocycles. The van der Waals surface area contributed by atoms with Crippen molar-refractivity contribution in [2.45, 2.75) is 32.4 Å². The van der Waals surface area contributed by atoms with Gasteiger partial charge in [0.15, 0.2) is 0 Å². The third-order valence-electron chi connectivity index (χ3n) is 4.23. The molecule has 0 radical (unpaired) electrons. The molecule has 4 heteroatoms. The van der Waals surface area contributed by atoms with Crippen LogP contribution in [0.3, 0.4) is 0 Å². The van der Waals surface area contributed by atoms with Crippen LogP contribution in [0.1, 0.15) is 36.2 Å². The number of carbonyl (C=O) groups is 1. The Kier molecular flexibility index (Phi) is 4.66. The van der Waals surface area contributed by atoms with Crippen LogP contribution in [0, 0.1) is 17.3 Å². The largest absolute Gasteiger partial charge is 0.381 e. The van der Waals surface area contributed by atoms with Gasteiger partial charge in [-0.25, -0.2) is 0 Å². The number of amides is 1. The predicted octanol–water partition coefficient (Wildman–Crippen LogP) is 1.54. The van der Waals surface area contributed by atoms with Gasteiger partial charge >= 0.3 is 0 Å². The van der Waals surface area contributed by atoms with Crippen LogP contribution in [-0.2, 0) is 4.74 Å². The summed E-state index contributed by atoms with van der Waals surface area (Å²) in [6, 6.07) is 7.42. The van der Waals surface area contributed by atoms with Gasteiger partial charge in [0.2, 0.25) is 0 Å². The smallest absolute Gasteiger partial charge is 0.251 e. The Morgan fingerprint density at radius 3 is 2.90 bits per heavy atom. The molecule has 1 aromatic carbocycles. The number of carbonyl (C=O) groups excluding carboxylic acids is 1. The molecular weight excluding hydrogens is 264 g/mol. The summed E-state index contributed by atoms with van der Waals surface area (Å²) in [4.78, 5) is 12.3. The fraction of sp³-hybridized carbons (Fsp3) is 0.471. The van der Waals surface area contributed by atoms with Crippen molar-refractivity contribution in [1.29, 1.82) is 0 Å². The van der Waals surface area contributed by atoms with Crippen LogP contribution in [0.4, 0.5) is 0 Å². The molecule has 1 saturated carbocycles. The van der Waals surface area contributed by atoms with E-state index in [0.717, 1.165) is 12.0 Å². The standard InChI is InChI=1S/C17H22N2O2/c1-17(2)14(11-15(17)21-3)19-16(20)13-8-4-6-12(10-13)7-5-9-18/h4,6,8,10,14-15H,9,11,18H2,1-3H3,(H,19,20). The maximum Gasteiger partial charge on any atom is 0.251 e. The number of hydrogen-bond donors (Lipinski definition) is 2. The Balaban J connectivity index is 2.05. The van der Waals surface area contributed by atoms with E-state index < -0.39 is 0 Å². The maximum atomic E-state index is 12.3. The van der Waals surface area contributed by atoms with Crippen molar-refractivity contribution in [3.05, 3.63) is 35.4 Å². The minimum Gasteiger partial charge on any atom is -0.381 e. The molecule has 3 N–H and O–H groups in total. The van der Waals surface area contributed by atoms with Gasteiger partial charge < -0.3 is 15.8 Å². The Labute approximate surface area is 126 Å². The first-order chi connectivity index (χ1) is 9.98. The maximum absolute atomic E-state index is 12.3. The molecular formula is C17H22N2O2. The highest BCUT2D eigenvalue weighted by molar-refractivity contribution is 5.94. The van der Waals surface area contributed by atoms with E-state index in [1.54, 1.807) is 19.2 Å². The zero-order valence-corrected chi connectivity index (χ0v) is 12.8. The van der Waals surface area contributed by atoms with Crippen LogP contribution in [0.25, 0.3) is 0 Å². The molecule has 1 aromatic rings. The fourth-order valence-corrected chi connectivity index (χ4v) is 2.66. The molecule has 1 fully saturated rings. The molecule has 0 heterocycles. The lowest BCUT2D eigenvalue weighted by Crippen LogP contribution is -2.61. The summed E-state index contributed by atoms with van der Waals surface area (Å²) in [5.74, 6) is 5.66. The summed E-state index contributed by atoms with van der Waals surface area (Å²) in [6.07, 6.45) is 1.05. The average molecular weight is 286 g/mol. The Bertz CT molecular complexity index is 584. The van der Waals surface area contributed by atoms with Gasteiger partial charge in [-0.15, -0.1) is 0 Å². The summed E-state index contributed by atoms with van der Waals surface area (Å²) < 4.78 is 5.40. The van der Waals surface area contributed by atoms with Crippen molar-refractivity contribution in [3.63, 3.8) is 0 Å². The number of methoxy groups -OCH3 is 1. The fourth-order valence-electron chi connectivity index (χ4n) is 2.66. The van der Waals surface area contributed by atoms with E-state index in [2.05, 4.69) is 31.0 Å². The second kappa shape index (κ2) is 6.30. The topological polar surface area (TPSA) is 64.3 Å². The molecule has 2 rings (SSSR count). The van der Waals surface area contributed by atoms with Crippen molar-refractivity contribution in [2.24, 2.45) is 11.1 Å². The van der Waals surface area contributed by atoms with E-state index in [0.29, 0.717) is 12.1 Å². The third kappa shape index (κ3) is 3.26. The summed E-state index contributed by atoms with van der Waals surface area (Å²) in [5.41, 5.74) is 6.74. The summed E-state index contributed by atoms with van der Waals surface area (Å²) in [5, 5.41) is 3.08. The van der Waals surface area contributed by atoms with Crippen LogP contribution in [0.2, 0.25) is 0 Å². The molecule has 1 amide bonds. The quantitative estimate of drug-likeness (QED) is 0.828. The van der Waals surface area contributed by atoms with E-state index >= 15 is 0 Å². The SMILES string of the molecule is COC1CC(NC(=O)c2cccc(C#CCN)c2)C1(C)C. The van der Waals surface area contributed by atoms with Crippen molar-refractivity contribution < 1.29 is 9.53 Å². The molecule has 2 atom stereocenters. The van der Waals surface area contributed by atoms with E-state index in [4.69, 9.17) is 10.5 Å². The van der Waals surface area contributed by atoms with Gasteiger partial charge in [0.1, 0.15) is 0 Å². The Morgan fingerprint density at radius 2 is 2.29 bits per heavy atom. The van der Waals surface area contributed by atoms with Crippen LogP contribution in [0.15, 0.2) is 24.3 Å². The first-order valence-corrected chi connectivity index (χ1v) is 7.11. The van der Waals surface area contributed by atoms with Crippen LogP contribution in [-0.4, -0.2) is 31.7 Å². The molecule has 0 saturated heterocycles. The average Bonchev–Trinajstić information content (AvgIpc) is 2.49. The minimum atomic E-state index is -0.0703. The number of nitrogens with one attached hydrogen (secondary N) is 1. The minimum absolute atomic E-state index is 0.0403. The van der Waals surface area contributed by atoms with Gasteiger partial charge in [-0.05, 0) is 24.6 Å². The van der Waals surface area contributed by atoms with Crippen molar-refractivity contribution in [3.8, 4) is 11.8 Å². The molecule has 1 aliphatic rings. The van der Waals surface area contributed by atoms with Crippen LogP contribution < -0.4 is 11.1 Å². The Hall–Kier alpha value is -1.83. The highest BCUT2D eigenvalue weighted by Gasteiger charge is 2.49. The highest BCUT2D eigenvalue weighted by atomic mass is 16.5. The predicted molar refractivity (Wildman–Crippen MR) is 82.8 cm³/mol. The molecule has 4 nitrogen and oxygen atoms in total. The number of nitrogens with two attached hydrogens (primary N) is 1. The van der Waals surface area contributed by atoms with E-state index in [1.807, 2.05) is 12.1 Å². The van der Waals surface area contributed by atoms with Crippen LogP contribution >= 0.6 is 0 Å². The highest BCUT2D eigenvalue weighted by Crippen LogP contribution is 2.42. The van der Waals surface area contributed by atoms with Gasteiger partial charge in [0.05, 0.1) is 12.6 Å². The van der Waals surface area contributed by atoms with E-state index in [9.17, 15) is 4.79 Å². The third-order valence-corrected chi connectivity index (χ3v) is 4.23. The molecule has 1 aliphatic carbocycles. The number of rotatable bonds is 3. The van der Waals surface area contributed by atoms with Gasteiger partial charge in [0.25, 0.3) is 5.91 Å². The van der Waals surface area contributed by atoms with Crippen molar-refractivity contribution >= 4 is 5.91 Å². The molecule has 0 aromatic heterocycles. The van der Waals surface area contributed by atoms with Crippen molar-refractivity contribution in [1.82, 2.24) is 5.32 Å². The Morgan fingerprint density at radius 1 is 1.52 bits per heavy atom. The molecule has 112 valence electrons. The van der Waals surface area contributed by atoms with Crippen LogP contribution in [0.5, 0.6) is 0 Å². The first kappa shape index (κ1) is 15.6. The first-order valence-electron chi connectivity index (χ1n) is 7.11. The number of ether oxygens (including phenoxy) is 1. The van der Waals surface area contributed by atoms with Gasteiger partial charge in [-0.1, -0.05) is 31.8 Å². The molecule has 0 spiro atoms. The van der Waals surface area contributed by atoms with E-state index in [1.165, 1.54) is 0 Å².